The molecule has 0 aliphatic rings. The maximum Gasteiger partial charge on any atom is 0.0253 e. The van der Waals surface area contributed by atoms with Crippen LogP contribution in [0.2, 0.25) is 0 Å². The summed E-state index contributed by atoms with van der Waals surface area (Å²) in [5.74, 6) is 0. The van der Waals surface area contributed by atoms with Gasteiger partial charge in [0.05, 0.1) is 0 Å². The van der Waals surface area contributed by atoms with E-state index in [1.54, 1.807) is 0 Å². The summed E-state index contributed by atoms with van der Waals surface area (Å²) in [6.07, 6.45) is 1.87. The van der Waals surface area contributed by atoms with Gasteiger partial charge < -0.3 is 0 Å². The molecule has 0 amide bonds. The van der Waals surface area contributed by atoms with Crippen molar-refractivity contribution in [2.45, 2.75) is 55.4 Å². The molecule has 0 atom stereocenters. The van der Waals surface area contributed by atoms with Gasteiger partial charge in [-0.3, -0.25) is 4.99 Å². The average Bonchev–Trinajstić information content (AvgIpc) is 2.08. The van der Waals surface area contributed by atoms with Crippen molar-refractivity contribution in [3.8, 4) is 0 Å². The standard InChI is InChI=1S/C7H13N.2C2H6/c1-6(2)5-8-7(3)4;2*1-2/h5H,1-4H3;2*1-2H3. The van der Waals surface area contributed by atoms with Gasteiger partial charge >= 0.3 is 0 Å². The van der Waals surface area contributed by atoms with E-state index in [-0.39, 0.29) is 0 Å². The smallest absolute Gasteiger partial charge is 0.0253 e. The third kappa shape index (κ3) is 34.2. The van der Waals surface area contributed by atoms with E-state index >= 15 is 0 Å². The first-order valence-corrected chi connectivity index (χ1v) is 4.77. The molecule has 0 aliphatic heterocycles. The van der Waals surface area contributed by atoms with Crippen molar-refractivity contribution < 1.29 is 0 Å². The number of allylic oxidation sites excluding steroid dienone is 1. The van der Waals surface area contributed by atoms with E-state index in [4.69, 9.17) is 0 Å². The molecule has 0 radical (unpaired) electrons. The van der Waals surface area contributed by atoms with Gasteiger partial charge in [0, 0.05) is 11.9 Å². The molecule has 12 heavy (non-hydrogen) atoms. The van der Waals surface area contributed by atoms with Gasteiger partial charge in [-0.1, -0.05) is 33.3 Å². The van der Waals surface area contributed by atoms with Crippen molar-refractivity contribution in [2.24, 2.45) is 4.99 Å². The summed E-state index contributed by atoms with van der Waals surface area (Å²) in [5, 5.41) is 0. The summed E-state index contributed by atoms with van der Waals surface area (Å²) >= 11 is 0. The predicted molar refractivity (Wildman–Crippen MR) is 60.9 cm³/mol. The van der Waals surface area contributed by atoms with Gasteiger partial charge in [0.1, 0.15) is 0 Å². The quantitative estimate of drug-likeness (QED) is 0.517. The Morgan fingerprint density at radius 3 is 1.25 bits per heavy atom. The van der Waals surface area contributed by atoms with Crippen LogP contribution in [0, 0.1) is 0 Å². The number of nitrogens with zero attached hydrogens (tertiary/aromatic N) is 1. The second-order valence-electron chi connectivity index (χ2n) is 2.28. The molecule has 0 rings (SSSR count). The Balaban J connectivity index is -0.000000175. The van der Waals surface area contributed by atoms with E-state index in [0.29, 0.717) is 0 Å². The summed E-state index contributed by atoms with van der Waals surface area (Å²) in [4.78, 5) is 4.08. The van der Waals surface area contributed by atoms with Crippen LogP contribution in [0.3, 0.4) is 0 Å². The van der Waals surface area contributed by atoms with E-state index < -0.39 is 0 Å². The molecule has 0 unspecified atom stereocenters. The summed E-state index contributed by atoms with van der Waals surface area (Å²) in [6.45, 7) is 16.0. The largest absolute Gasteiger partial charge is 0.266 e. The second kappa shape index (κ2) is 16.8. The maximum absolute atomic E-state index is 4.08. The summed E-state index contributed by atoms with van der Waals surface area (Å²) in [5.41, 5.74) is 2.34. The van der Waals surface area contributed by atoms with E-state index in [1.807, 2.05) is 61.6 Å². The Bertz CT molecular complexity index is 97.0. The van der Waals surface area contributed by atoms with Crippen LogP contribution >= 0.6 is 0 Å². The molecule has 0 aromatic carbocycles. The molecule has 0 aromatic heterocycles. The molecule has 1 heteroatoms. The fraction of sp³-hybridized carbons (Fsp3) is 0.727. The van der Waals surface area contributed by atoms with Crippen LogP contribution in [0.4, 0.5) is 0 Å². The van der Waals surface area contributed by atoms with Gasteiger partial charge in [0.25, 0.3) is 0 Å². The Labute approximate surface area is 78.6 Å². The number of hydrogen-bond donors (Lipinski definition) is 0. The zero-order valence-electron chi connectivity index (χ0n) is 10.0. The Hall–Kier alpha value is -0.590. The first-order valence-electron chi connectivity index (χ1n) is 4.77. The minimum absolute atomic E-state index is 1.10. The van der Waals surface area contributed by atoms with Crippen LogP contribution in [0.15, 0.2) is 16.8 Å². The summed E-state index contributed by atoms with van der Waals surface area (Å²) in [7, 11) is 0. The molecule has 0 saturated heterocycles. The highest BCUT2D eigenvalue weighted by molar-refractivity contribution is 5.79. The Morgan fingerprint density at radius 1 is 0.833 bits per heavy atom. The zero-order valence-corrected chi connectivity index (χ0v) is 10.0. The fourth-order valence-corrected chi connectivity index (χ4v) is 0.258. The fourth-order valence-electron chi connectivity index (χ4n) is 0.258. The van der Waals surface area contributed by atoms with Gasteiger partial charge in [0.15, 0.2) is 0 Å². The van der Waals surface area contributed by atoms with Crippen LogP contribution in [0.5, 0.6) is 0 Å². The van der Waals surface area contributed by atoms with Crippen LogP contribution in [0.25, 0.3) is 0 Å². The van der Waals surface area contributed by atoms with Crippen LogP contribution in [-0.2, 0) is 0 Å². The summed E-state index contributed by atoms with van der Waals surface area (Å²) in [6, 6.07) is 0. The predicted octanol–water partition coefficient (Wildman–Crippen LogP) is 4.44. The highest BCUT2D eigenvalue weighted by Gasteiger charge is 1.72. The molecule has 0 N–H and O–H groups in total. The molecule has 1 nitrogen and oxygen atoms in total. The molecule has 0 fully saturated rings. The average molecular weight is 171 g/mol. The van der Waals surface area contributed by atoms with Crippen LogP contribution < -0.4 is 0 Å². The number of rotatable bonds is 1. The van der Waals surface area contributed by atoms with Gasteiger partial charge in [-0.25, -0.2) is 0 Å². The highest BCUT2D eigenvalue weighted by atomic mass is 14.7. The van der Waals surface area contributed by atoms with Gasteiger partial charge in [0.2, 0.25) is 0 Å². The van der Waals surface area contributed by atoms with Crippen LogP contribution in [-0.4, -0.2) is 5.71 Å². The van der Waals surface area contributed by atoms with Crippen LogP contribution in [0.1, 0.15) is 55.4 Å². The van der Waals surface area contributed by atoms with Crippen molar-refractivity contribution in [2.75, 3.05) is 0 Å². The molecule has 0 bridgehead atoms. The Morgan fingerprint density at radius 2 is 1.17 bits per heavy atom. The normalized spacial score (nSPS) is 6.33. The minimum Gasteiger partial charge on any atom is -0.266 e. The van der Waals surface area contributed by atoms with E-state index in [9.17, 15) is 0 Å². The highest BCUT2D eigenvalue weighted by Crippen LogP contribution is 1.88. The molecule has 0 heterocycles. The third-order valence-electron chi connectivity index (χ3n) is 0.581. The van der Waals surface area contributed by atoms with Crippen molar-refractivity contribution in [3.05, 3.63) is 11.8 Å². The first-order chi connectivity index (χ1) is 5.63. The Kier molecular flexibility index (Phi) is 24.5. The van der Waals surface area contributed by atoms with Crippen molar-refractivity contribution >= 4 is 5.71 Å². The number of hydrogen-bond acceptors (Lipinski definition) is 1. The van der Waals surface area contributed by atoms with E-state index in [2.05, 4.69) is 4.99 Å². The van der Waals surface area contributed by atoms with Gasteiger partial charge in [-0.15, -0.1) is 0 Å². The zero-order chi connectivity index (χ0) is 10.6. The monoisotopic (exact) mass is 171 g/mol. The lowest BCUT2D eigenvalue weighted by molar-refractivity contribution is 1.32. The molecule has 0 saturated carbocycles. The number of aliphatic imine (C=N–C) groups is 1. The molecular formula is C11H25N. The second-order valence-corrected chi connectivity index (χ2v) is 2.28. The maximum atomic E-state index is 4.08. The molecule has 0 aromatic rings. The first kappa shape index (κ1) is 17.5. The lowest BCUT2D eigenvalue weighted by Gasteiger charge is -1.84. The minimum atomic E-state index is 1.10. The van der Waals surface area contributed by atoms with Gasteiger partial charge in [-0.2, -0.15) is 0 Å². The van der Waals surface area contributed by atoms with Gasteiger partial charge in [-0.05, 0) is 27.7 Å². The van der Waals surface area contributed by atoms with E-state index in [1.165, 1.54) is 5.57 Å². The molecule has 74 valence electrons. The van der Waals surface area contributed by atoms with Crippen molar-refractivity contribution in [1.29, 1.82) is 0 Å². The lowest BCUT2D eigenvalue weighted by atomic mass is 10.4. The topological polar surface area (TPSA) is 12.4 Å². The van der Waals surface area contributed by atoms with Crippen molar-refractivity contribution in [1.82, 2.24) is 0 Å². The SMILES string of the molecule is CC.CC.CC(C)=CN=C(C)C. The third-order valence-corrected chi connectivity index (χ3v) is 0.581. The lowest BCUT2D eigenvalue weighted by Crippen LogP contribution is -1.75. The molecule has 0 aliphatic carbocycles. The molecule has 0 spiro atoms. The van der Waals surface area contributed by atoms with Crippen molar-refractivity contribution in [3.63, 3.8) is 0 Å². The summed E-state index contributed by atoms with van der Waals surface area (Å²) < 4.78 is 0. The van der Waals surface area contributed by atoms with E-state index in [0.717, 1.165) is 5.71 Å². The molecular weight excluding hydrogens is 146 g/mol.